The normalized spacial score (nSPS) is 15.1. The van der Waals surface area contributed by atoms with Crippen LogP contribution in [-0.2, 0) is 10.8 Å². The van der Waals surface area contributed by atoms with Crippen LogP contribution in [-0.4, -0.2) is 0 Å². The van der Waals surface area contributed by atoms with Gasteiger partial charge in [-0.3, -0.25) is 0 Å². The summed E-state index contributed by atoms with van der Waals surface area (Å²) < 4.78 is 13.8. The van der Waals surface area contributed by atoms with Crippen molar-refractivity contribution in [3.8, 4) is 0 Å². The summed E-state index contributed by atoms with van der Waals surface area (Å²) in [6.45, 7) is 8.66. The van der Waals surface area contributed by atoms with Gasteiger partial charge in [-0.2, -0.15) is 0 Å². The minimum Gasteiger partial charge on any atom is -0.456 e. The molecule has 0 amide bonds. The maximum atomic E-state index is 6.91. The van der Waals surface area contributed by atoms with Gasteiger partial charge in [-0.05, 0) is 262 Å². The molecule has 0 saturated carbocycles. The van der Waals surface area contributed by atoms with Crippen LogP contribution in [0.1, 0.15) is 66.8 Å². The third kappa shape index (κ3) is 10.1. The second-order valence-corrected chi connectivity index (χ2v) is 29.9. The molecule has 4 heterocycles. The van der Waals surface area contributed by atoms with E-state index < -0.39 is 10.8 Å². The molecule has 6 heteroatoms. The lowest BCUT2D eigenvalue weighted by molar-refractivity contribution is 0.667. The van der Waals surface area contributed by atoms with Crippen LogP contribution < -0.4 is 19.6 Å². The summed E-state index contributed by atoms with van der Waals surface area (Å²) in [4.78, 5) is 9.72. The summed E-state index contributed by atoms with van der Waals surface area (Å²) in [6, 6.07) is 140. The highest BCUT2D eigenvalue weighted by atomic mass is 16.3. The lowest BCUT2D eigenvalue weighted by Crippen LogP contribution is -2.37. The molecule has 19 aromatic rings. The summed E-state index contributed by atoms with van der Waals surface area (Å²) in [7, 11) is 0. The number of anilines is 12. The van der Waals surface area contributed by atoms with Crippen LogP contribution in [0.4, 0.5) is 68.2 Å². The number of fused-ring (bicyclic) bond motifs is 12. The van der Waals surface area contributed by atoms with E-state index in [1.165, 1.54) is 44.5 Å². The molecule has 2 aromatic heterocycles. The SMILES string of the molecule is Cc1cccc(N(c2ccc(C3(c4ccccc4)c4ccccc4N(c4ccc5cc6cc(N7c8ccccc8C(c8ccccc8)(c8ccc(N(c9cccc(C)c9)c9cccc(C)c9)cc8)c8cc9c(cc87)oc7ccccc79)ccc6cc5c4)c4cc5oc6ccccc6c5cc43)cc2)c2cccc(C)c2)c1. The first kappa shape index (κ1) is 64.4. The average molecular weight is 1410 g/mol. The monoisotopic (exact) mass is 1410 g/mol. The molecule has 21 rings (SSSR count). The zero-order valence-electron chi connectivity index (χ0n) is 61.4. The van der Waals surface area contributed by atoms with Gasteiger partial charge in [-0.1, -0.05) is 218 Å². The number of nitrogens with zero attached hydrogens (tertiary/aromatic N) is 4. The standard InChI is InChI=1S/C104H74N4O2/c1-67-23-19-31-81(55-67)105(82-32-20-24-68(2)56-82)79-51-45-77(46-52-79)103(75-27-7-5-8-28-75)91-37-13-15-39-95(91)107(97-65-101-89(63-93(97)103)87-35-11-17-41-99(87)109-101)85-49-43-71-60-74-62-86(50-44-72(74)59-73(71)61-85)108-96-40-16-14-38-92(96)104(76-29-9-6-10-30-76,94-64-90-88-36-12-18-42-100(88)110-102(90)66-98(94)108)78-47-53-80(54-48-78)106(83-33-21-25-69(3)57-83)84-34-22-26-70(4)58-84/h5-66H,1-4H3. The molecule has 17 aromatic carbocycles. The molecule has 2 aliphatic heterocycles. The Morgan fingerprint density at radius 2 is 0.564 bits per heavy atom. The minimum atomic E-state index is -0.786. The molecule has 0 bridgehead atoms. The van der Waals surface area contributed by atoms with E-state index in [1.54, 1.807) is 0 Å². The molecule has 0 radical (unpaired) electrons. The quantitative estimate of drug-likeness (QED) is 0.114. The van der Waals surface area contributed by atoms with Gasteiger partial charge in [0.15, 0.2) is 0 Å². The van der Waals surface area contributed by atoms with Crippen molar-refractivity contribution in [1.82, 2.24) is 0 Å². The Kier molecular flexibility index (Phi) is 14.9. The van der Waals surface area contributed by atoms with Crippen molar-refractivity contribution in [1.29, 1.82) is 0 Å². The van der Waals surface area contributed by atoms with E-state index >= 15 is 0 Å². The second kappa shape index (κ2) is 25.4. The van der Waals surface area contributed by atoms with Crippen LogP contribution in [0.3, 0.4) is 0 Å². The molecule has 0 N–H and O–H groups in total. The number of rotatable bonds is 12. The number of hydrogen-bond acceptors (Lipinski definition) is 6. The van der Waals surface area contributed by atoms with Crippen molar-refractivity contribution in [3.63, 3.8) is 0 Å². The molecule has 0 fully saturated rings. The van der Waals surface area contributed by atoms with Crippen molar-refractivity contribution in [3.05, 3.63) is 443 Å². The van der Waals surface area contributed by atoms with Crippen LogP contribution >= 0.6 is 0 Å². The highest BCUT2D eigenvalue weighted by molar-refractivity contribution is 6.11. The summed E-state index contributed by atoms with van der Waals surface area (Å²) in [5.74, 6) is 0. The number of benzene rings is 17. The number of furan rings is 2. The lowest BCUT2D eigenvalue weighted by atomic mass is 9.62. The Morgan fingerprint density at radius 3 is 0.945 bits per heavy atom. The van der Waals surface area contributed by atoms with Gasteiger partial charge in [-0.15, -0.1) is 0 Å². The molecule has 2 aliphatic rings. The van der Waals surface area contributed by atoms with Gasteiger partial charge in [0.05, 0.1) is 33.6 Å². The van der Waals surface area contributed by atoms with Crippen molar-refractivity contribution in [2.75, 3.05) is 19.6 Å². The van der Waals surface area contributed by atoms with Crippen molar-refractivity contribution in [2.45, 2.75) is 38.5 Å². The van der Waals surface area contributed by atoms with Gasteiger partial charge in [0.25, 0.3) is 0 Å². The third-order valence-electron chi connectivity index (χ3n) is 23.2. The van der Waals surface area contributed by atoms with E-state index in [0.717, 1.165) is 156 Å². The van der Waals surface area contributed by atoms with E-state index in [2.05, 4.69) is 423 Å². The third-order valence-corrected chi connectivity index (χ3v) is 23.2. The molecule has 0 saturated heterocycles. The second-order valence-electron chi connectivity index (χ2n) is 29.9. The smallest absolute Gasteiger partial charge is 0.137 e. The van der Waals surface area contributed by atoms with E-state index in [4.69, 9.17) is 8.83 Å². The molecular formula is C104H74N4O2. The predicted molar refractivity (Wildman–Crippen MR) is 457 cm³/mol. The van der Waals surface area contributed by atoms with Crippen molar-refractivity contribution in [2.24, 2.45) is 0 Å². The molecule has 2 unspecified atom stereocenters. The average Bonchev–Trinajstić information content (AvgIpc) is 1.11. The largest absolute Gasteiger partial charge is 0.456 e. The van der Waals surface area contributed by atoms with Gasteiger partial charge in [-0.25, -0.2) is 0 Å². The van der Waals surface area contributed by atoms with Crippen LogP contribution in [0.15, 0.2) is 385 Å². The fraction of sp³-hybridized carbons (Fsp3) is 0.0577. The van der Waals surface area contributed by atoms with Crippen LogP contribution in [0.2, 0.25) is 0 Å². The number of aryl methyl sites for hydroxylation is 4. The molecule has 110 heavy (non-hydrogen) atoms. The fourth-order valence-electron chi connectivity index (χ4n) is 18.5. The number of para-hydroxylation sites is 4. The Bertz CT molecular complexity index is 6370. The highest BCUT2D eigenvalue weighted by Gasteiger charge is 2.49. The Balaban J connectivity index is 0.717. The Labute approximate surface area is 639 Å². The molecule has 6 nitrogen and oxygen atoms in total. The molecule has 2 atom stereocenters. The van der Waals surface area contributed by atoms with Gasteiger partial charge >= 0.3 is 0 Å². The summed E-state index contributed by atoms with van der Waals surface area (Å²) in [5, 5.41) is 8.86. The summed E-state index contributed by atoms with van der Waals surface area (Å²) in [6.07, 6.45) is 0. The van der Waals surface area contributed by atoms with Gasteiger partial charge < -0.3 is 28.4 Å². The van der Waals surface area contributed by atoms with Gasteiger partial charge in [0, 0.05) is 79.2 Å². The molecule has 522 valence electrons. The van der Waals surface area contributed by atoms with E-state index in [0.29, 0.717) is 0 Å². The minimum absolute atomic E-state index is 0.786. The Morgan fingerprint density at radius 1 is 0.218 bits per heavy atom. The van der Waals surface area contributed by atoms with Crippen LogP contribution in [0.5, 0.6) is 0 Å². The summed E-state index contributed by atoms with van der Waals surface area (Å²) >= 11 is 0. The maximum Gasteiger partial charge on any atom is 0.137 e. The highest BCUT2D eigenvalue weighted by Crippen LogP contribution is 2.62. The first-order chi connectivity index (χ1) is 54.1. The van der Waals surface area contributed by atoms with Crippen LogP contribution in [0, 0.1) is 27.7 Å². The van der Waals surface area contributed by atoms with E-state index in [-0.39, 0.29) is 0 Å². The Hall–Kier alpha value is -13.9. The first-order valence-electron chi connectivity index (χ1n) is 38.0. The fourth-order valence-corrected chi connectivity index (χ4v) is 18.5. The predicted octanol–water partition coefficient (Wildman–Crippen LogP) is 28.3. The zero-order valence-corrected chi connectivity index (χ0v) is 61.4. The number of hydrogen-bond donors (Lipinski definition) is 0. The van der Waals surface area contributed by atoms with Gasteiger partial charge in [0.1, 0.15) is 22.3 Å². The first-order valence-corrected chi connectivity index (χ1v) is 38.0. The molecular weight excluding hydrogens is 1340 g/mol. The summed E-state index contributed by atoms with van der Waals surface area (Å²) in [5.41, 5.74) is 28.9. The topological polar surface area (TPSA) is 39.2 Å². The zero-order chi connectivity index (χ0) is 73.3. The van der Waals surface area contributed by atoms with E-state index in [1.807, 2.05) is 0 Å². The van der Waals surface area contributed by atoms with Crippen molar-refractivity contribution < 1.29 is 8.83 Å². The van der Waals surface area contributed by atoms with E-state index in [9.17, 15) is 0 Å². The molecule has 0 aliphatic carbocycles. The van der Waals surface area contributed by atoms with Crippen LogP contribution in [0.25, 0.3) is 65.4 Å². The maximum absolute atomic E-state index is 6.91. The van der Waals surface area contributed by atoms with Crippen molar-refractivity contribution >= 4 is 134 Å². The van der Waals surface area contributed by atoms with Gasteiger partial charge in [0.2, 0.25) is 0 Å². The lowest BCUT2D eigenvalue weighted by Gasteiger charge is -2.46. The molecule has 0 spiro atoms.